The van der Waals surface area contributed by atoms with Crippen LogP contribution < -0.4 is 0 Å². The zero-order valence-electron chi connectivity index (χ0n) is 18.9. The van der Waals surface area contributed by atoms with E-state index in [4.69, 9.17) is 20.4 Å². The van der Waals surface area contributed by atoms with Crippen LogP contribution in [0.3, 0.4) is 0 Å². The van der Waals surface area contributed by atoms with Gasteiger partial charge in [0.05, 0.1) is 19.4 Å². The first-order valence-electron chi connectivity index (χ1n) is 10.5. The highest BCUT2D eigenvalue weighted by atomic mass is 16.4. The number of carbonyl (C=O) groups is 3. The van der Waals surface area contributed by atoms with Crippen LogP contribution in [0.2, 0.25) is 0 Å². The molecule has 13 nitrogen and oxygen atoms in total. The number of aromatic nitrogens is 3. The number of benzene rings is 1. The summed E-state index contributed by atoms with van der Waals surface area (Å²) in [6.07, 6.45) is 0.162. The van der Waals surface area contributed by atoms with Gasteiger partial charge >= 0.3 is 17.9 Å². The third kappa shape index (κ3) is 7.34. The maximum Gasteiger partial charge on any atom is 0.336 e. The average Bonchev–Trinajstić information content (AvgIpc) is 3.18. The second kappa shape index (κ2) is 12.1. The molecule has 0 atom stereocenters. The lowest BCUT2D eigenvalue weighted by Crippen LogP contribution is -2.42. The molecule has 0 aliphatic carbocycles. The van der Waals surface area contributed by atoms with Crippen molar-refractivity contribution in [2.24, 2.45) is 0 Å². The summed E-state index contributed by atoms with van der Waals surface area (Å²) >= 11 is 0. The van der Waals surface area contributed by atoms with Gasteiger partial charge in [0.15, 0.2) is 11.4 Å². The number of aliphatic hydroxyl groups is 2. The SMILES string of the molecule is C=CCc1cccc(CN2CCn3c(CO)nnc3C2)c1O.O=C(O)CC(O)(CC(=O)O)C(=O)O. The third-order valence-electron chi connectivity index (χ3n) is 5.30. The minimum absolute atomic E-state index is 0.0859. The summed E-state index contributed by atoms with van der Waals surface area (Å²) in [7, 11) is 0. The molecule has 0 saturated heterocycles. The van der Waals surface area contributed by atoms with Crippen molar-refractivity contribution in [3.8, 4) is 5.75 Å². The fourth-order valence-electron chi connectivity index (χ4n) is 3.57. The Balaban J connectivity index is 0.000000287. The smallest absolute Gasteiger partial charge is 0.336 e. The Bertz CT molecular complexity index is 1070. The summed E-state index contributed by atoms with van der Waals surface area (Å²) < 4.78 is 1.96. The molecule has 13 heteroatoms. The van der Waals surface area contributed by atoms with E-state index in [1.807, 2.05) is 22.8 Å². The Morgan fingerprint density at radius 1 is 1.06 bits per heavy atom. The summed E-state index contributed by atoms with van der Waals surface area (Å²) in [6, 6.07) is 5.82. The van der Waals surface area contributed by atoms with E-state index in [2.05, 4.69) is 21.7 Å². The van der Waals surface area contributed by atoms with Crippen molar-refractivity contribution in [3.63, 3.8) is 0 Å². The molecular formula is C22H28N4O9. The van der Waals surface area contributed by atoms with Crippen molar-refractivity contribution in [3.05, 3.63) is 53.6 Å². The molecule has 2 aromatic rings. The van der Waals surface area contributed by atoms with E-state index in [0.29, 0.717) is 31.1 Å². The van der Waals surface area contributed by atoms with Gasteiger partial charge in [-0.15, -0.1) is 16.8 Å². The van der Waals surface area contributed by atoms with Gasteiger partial charge < -0.3 is 35.2 Å². The standard InChI is InChI=1S/C16H20N4O2.C6H8O7/c1-2-4-12-5-3-6-13(16(12)22)9-19-7-8-20-14(10-19)17-18-15(20)11-21;7-3(8)1-6(13,5(11)12)2-4(9)10/h2-3,5-6,21-22H,1,4,7-11H2;13H,1-2H2,(H,7,8)(H,9,10)(H,11,12). The molecule has 0 radical (unpaired) electrons. The lowest BCUT2D eigenvalue weighted by Gasteiger charge is -2.28. The predicted octanol–water partition coefficient (Wildman–Crippen LogP) is -0.0282. The Morgan fingerprint density at radius 3 is 2.23 bits per heavy atom. The van der Waals surface area contributed by atoms with Crippen LogP contribution in [0.4, 0.5) is 0 Å². The monoisotopic (exact) mass is 492 g/mol. The van der Waals surface area contributed by atoms with Gasteiger partial charge in [0.25, 0.3) is 0 Å². The quantitative estimate of drug-likeness (QED) is 0.242. The first kappa shape index (κ1) is 27.4. The number of hydrogen-bond acceptors (Lipinski definition) is 9. The number of para-hydroxylation sites is 1. The number of carboxylic acids is 3. The molecule has 0 bridgehead atoms. The molecule has 1 aromatic heterocycles. The topological polar surface area (TPSA) is 207 Å². The number of carboxylic acid groups (broad SMARTS) is 3. The third-order valence-corrected chi connectivity index (χ3v) is 5.30. The average molecular weight is 492 g/mol. The molecule has 1 aliphatic rings. The molecule has 1 aliphatic heterocycles. The molecule has 190 valence electrons. The van der Waals surface area contributed by atoms with Gasteiger partial charge in [0.1, 0.15) is 18.2 Å². The van der Waals surface area contributed by atoms with Crippen LogP contribution in [0.25, 0.3) is 0 Å². The summed E-state index contributed by atoms with van der Waals surface area (Å²) in [5.41, 5.74) is -0.928. The van der Waals surface area contributed by atoms with Gasteiger partial charge in [0, 0.05) is 25.2 Å². The number of nitrogens with zero attached hydrogens (tertiary/aromatic N) is 4. The molecule has 0 spiro atoms. The highest BCUT2D eigenvalue weighted by molar-refractivity contribution is 5.88. The Kier molecular flexibility index (Phi) is 9.45. The molecule has 6 N–H and O–H groups in total. The molecular weight excluding hydrogens is 464 g/mol. The number of allylic oxidation sites excluding steroid dienone is 1. The van der Waals surface area contributed by atoms with E-state index in [9.17, 15) is 24.6 Å². The fourth-order valence-corrected chi connectivity index (χ4v) is 3.57. The second-order valence-electron chi connectivity index (χ2n) is 7.95. The second-order valence-corrected chi connectivity index (χ2v) is 7.95. The van der Waals surface area contributed by atoms with Crippen molar-refractivity contribution in [2.75, 3.05) is 6.54 Å². The van der Waals surface area contributed by atoms with Crippen molar-refractivity contribution in [1.29, 1.82) is 0 Å². The number of aliphatic hydroxyl groups excluding tert-OH is 1. The highest BCUT2D eigenvalue weighted by Crippen LogP contribution is 2.26. The van der Waals surface area contributed by atoms with Crippen LogP contribution in [0.15, 0.2) is 30.9 Å². The number of fused-ring (bicyclic) bond motifs is 1. The van der Waals surface area contributed by atoms with Crippen LogP contribution in [0, 0.1) is 0 Å². The number of phenols is 1. The van der Waals surface area contributed by atoms with E-state index >= 15 is 0 Å². The molecule has 0 unspecified atom stereocenters. The molecule has 35 heavy (non-hydrogen) atoms. The van der Waals surface area contributed by atoms with Gasteiger partial charge in [-0.05, 0) is 12.0 Å². The van der Waals surface area contributed by atoms with Crippen LogP contribution in [0.1, 0.15) is 35.6 Å². The van der Waals surface area contributed by atoms with Crippen LogP contribution >= 0.6 is 0 Å². The number of phenolic OH excluding ortho intramolecular Hbond substituents is 1. The number of aromatic hydroxyl groups is 1. The maximum atomic E-state index is 10.3. The minimum atomic E-state index is -2.74. The zero-order valence-corrected chi connectivity index (χ0v) is 18.9. The summed E-state index contributed by atoms with van der Waals surface area (Å²) in [5, 5.41) is 61.5. The molecule has 0 amide bonds. The lowest BCUT2D eigenvalue weighted by atomic mass is 9.96. The predicted molar refractivity (Wildman–Crippen MR) is 119 cm³/mol. The van der Waals surface area contributed by atoms with E-state index in [1.54, 1.807) is 6.08 Å². The highest BCUT2D eigenvalue weighted by Gasteiger charge is 2.40. The van der Waals surface area contributed by atoms with E-state index in [-0.39, 0.29) is 6.61 Å². The van der Waals surface area contributed by atoms with Crippen LogP contribution in [0.5, 0.6) is 5.75 Å². The largest absolute Gasteiger partial charge is 0.507 e. The first-order valence-corrected chi connectivity index (χ1v) is 10.5. The Labute approximate surface area is 200 Å². The Morgan fingerprint density at radius 2 is 1.69 bits per heavy atom. The van der Waals surface area contributed by atoms with Gasteiger partial charge in [-0.25, -0.2) is 4.79 Å². The molecule has 0 saturated carbocycles. The van der Waals surface area contributed by atoms with Crippen molar-refractivity contribution in [1.82, 2.24) is 19.7 Å². The summed E-state index contributed by atoms with van der Waals surface area (Å²) in [4.78, 5) is 32.7. The van der Waals surface area contributed by atoms with Gasteiger partial charge in [-0.1, -0.05) is 24.3 Å². The molecule has 1 aromatic carbocycles. The van der Waals surface area contributed by atoms with Gasteiger partial charge in [-0.3, -0.25) is 14.5 Å². The molecule has 3 rings (SSSR count). The minimum Gasteiger partial charge on any atom is -0.507 e. The van der Waals surface area contributed by atoms with Crippen molar-refractivity contribution in [2.45, 2.75) is 51.1 Å². The number of hydrogen-bond donors (Lipinski definition) is 6. The van der Waals surface area contributed by atoms with E-state index < -0.39 is 36.4 Å². The first-order chi connectivity index (χ1) is 16.5. The normalized spacial score (nSPS) is 13.3. The summed E-state index contributed by atoms with van der Waals surface area (Å²) in [5.74, 6) is -3.19. The van der Waals surface area contributed by atoms with Crippen molar-refractivity contribution >= 4 is 17.9 Å². The van der Waals surface area contributed by atoms with Crippen molar-refractivity contribution < 1.29 is 45.0 Å². The maximum absolute atomic E-state index is 10.3. The van der Waals surface area contributed by atoms with E-state index in [0.717, 1.165) is 30.0 Å². The van der Waals surface area contributed by atoms with Gasteiger partial charge in [0.2, 0.25) is 0 Å². The summed E-state index contributed by atoms with van der Waals surface area (Å²) in [6.45, 7) is 6.55. The van der Waals surface area contributed by atoms with Crippen LogP contribution in [-0.4, -0.2) is 80.4 Å². The molecule has 2 heterocycles. The van der Waals surface area contributed by atoms with E-state index in [1.165, 1.54) is 0 Å². The lowest BCUT2D eigenvalue weighted by molar-refractivity contribution is -0.170. The fraction of sp³-hybridized carbons (Fsp3) is 0.409. The Hall–Kier alpha value is -3.81. The van der Waals surface area contributed by atoms with Crippen LogP contribution in [-0.2, 0) is 47.0 Å². The van der Waals surface area contributed by atoms with Gasteiger partial charge in [-0.2, -0.15) is 0 Å². The number of rotatable bonds is 10. The zero-order chi connectivity index (χ0) is 26.2. The molecule has 0 fully saturated rings. The number of aliphatic carboxylic acids is 3.